The first-order valence-electron chi connectivity index (χ1n) is 8.81. The predicted octanol–water partition coefficient (Wildman–Crippen LogP) is 5.93. The van der Waals surface area contributed by atoms with Crippen molar-refractivity contribution in [3.8, 4) is 28.1 Å². The van der Waals surface area contributed by atoms with Crippen molar-refractivity contribution in [2.24, 2.45) is 0 Å². The highest BCUT2D eigenvalue weighted by Crippen LogP contribution is 2.37. The van der Waals surface area contributed by atoms with Crippen LogP contribution in [-0.4, -0.2) is 23.9 Å². The number of aromatic nitrogens is 2. The summed E-state index contributed by atoms with van der Waals surface area (Å²) in [6.45, 7) is 0. The average molecular weight is 374 g/mol. The summed E-state index contributed by atoms with van der Waals surface area (Å²) in [6.07, 6.45) is 2.10. The number of rotatable bonds is 4. The highest BCUT2D eigenvalue weighted by atomic mass is 35.5. The van der Waals surface area contributed by atoms with Gasteiger partial charge >= 0.3 is 0 Å². The molecule has 0 unspecified atom stereocenters. The zero-order chi connectivity index (χ0) is 18.8. The number of anilines is 1. The van der Waals surface area contributed by atoms with Crippen LogP contribution in [0, 0.1) is 0 Å². The SMILES string of the molecule is CN(C)c1ccccc1-c1cn(-c2ccccc2)nc1-c1ccc(Cl)cc1. The van der Waals surface area contributed by atoms with E-state index in [2.05, 4.69) is 61.6 Å². The lowest BCUT2D eigenvalue weighted by Gasteiger charge is -2.17. The molecule has 0 aliphatic carbocycles. The maximum atomic E-state index is 6.09. The molecule has 0 N–H and O–H groups in total. The van der Waals surface area contributed by atoms with Crippen molar-refractivity contribution in [3.05, 3.63) is 90.1 Å². The number of nitrogens with zero attached hydrogens (tertiary/aromatic N) is 3. The van der Waals surface area contributed by atoms with Crippen molar-refractivity contribution in [1.82, 2.24) is 9.78 Å². The molecule has 0 bridgehead atoms. The molecule has 0 aliphatic heterocycles. The van der Waals surface area contributed by atoms with Gasteiger partial charge in [0, 0.05) is 47.7 Å². The second-order valence-corrected chi connectivity index (χ2v) is 7.03. The predicted molar refractivity (Wildman–Crippen MR) is 114 cm³/mol. The lowest BCUT2D eigenvalue weighted by Crippen LogP contribution is -2.09. The summed E-state index contributed by atoms with van der Waals surface area (Å²) < 4.78 is 1.94. The first-order chi connectivity index (χ1) is 13.1. The first-order valence-corrected chi connectivity index (χ1v) is 9.19. The topological polar surface area (TPSA) is 21.1 Å². The molecule has 1 heterocycles. The third kappa shape index (κ3) is 3.46. The van der Waals surface area contributed by atoms with Crippen molar-refractivity contribution in [2.75, 3.05) is 19.0 Å². The Hall–Kier alpha value is -3.04. The van der Waals surface area contributed by atoms with E-state index >= 15 is 0 Å². The highest BCUT2D eigenvalue weighted by Gasteiger charge is 2.17. The van der Waals surface area contributed by atoms with Gasteiger partial charge in [0.15, 0.2) is 0 Å². The van der Waals surface area contributed by atoms with Gasteiger partial charge in [-0.05, 0) is 30.3 Å². The highest BCUT2D eigenvalue weighted by molar-refractivity contribution is 6.30. The molecule has 134 valence electrons. The minimum Gasteiger partial charge on any atom is -0.377 e. The minimum absolute atomic E-state index is 0.719. The molecular weight excluding hydrogens is 354 g/mol. The Balaban J connectivity index is 1.95. The summed E-state index contributed by atoms with van der Waals surface area (Å²) in [5, 5.41) is 5.63. The van der Waals surface area contributed by atoms with Gasteiger partial charge in [-0.25, -0.2) is 4.68 Å². The van der Waals surface area contributed by atoms with Crippen LogP contribution < -0.4 is 4.90 Å². The molecule has 0 amide bonds. The summed E-state index contributed by atoms with van der Waals surface area (Å²) in [4.78, 5) is 2.13. The Morgan fingerprint density at radius 1 is 0.778 bits per heavy atom. The molecule has 0 saturated carbocycles. The van der Waals surface area contributed by atoms with Crippen LogP contribution in [0.2, 0.25) is 5.02 Å². The monoisotopic (exact) mass is 373 g/mol. The summed E-state index contributed by atoms with van der Waals surface area (Å²) in [5.41, 5.74) is 6.39. The van der Waals surface area contributed by atoms with Crippen LogP contribution in [0.15, 0.2) is 85.1 Å². The van der Waals surface area contributed by atoms with E-state index < -0.39 is 0 Å². The second kappa shape index (κ2) is 7.29. The maximum Gasteiger partial charge on any atom is 0.101 e. The molecule has 0 aliphatic rings. The van der Waals surface area contributed by atoms with Crippen LogP contribution in [-0.2, 0) is 0 Å². The van der Waals surface area contributed by atoms with E-state index in [4.69, 9.17) is 16.7 Å². The molecule has 4 aromatic rings. The molecule has 3 nitrogen and oxygen atoms in total. The summed E-state index contributed by atoms with van der Waals surface area (Å²) in [6, 6.07) is 26.4. The van der Waals surface area contributed by atoms with Gasteiger partial charge < -0.3 is 4.90 Å². The number of para-hydroxylation sites is 2. The Kier molecular flexibility index (Phi) is 4.69. The summed E-state index contributed by atoms with van der Waals surface area (Å²) >= 11 is 6.09. The Morgan fingerprint density at radius 3 is 2.15 bits per heavy atom. The van der Waals surface area contributed by atoms with Gasteiger partial charge in [0.05, 0.1) is 5.69 Å². The van der Waals surface area contributed by atoms with Gasteiger partial charge in [-0.3, -0.25) is 0 Å². The van der Waals surface area contributed by atoms with E-state index in [1.165, 1.54) is 0 Å². The zero-order valence-corrected chi connectivity index (χ0v) is 16.1. The van der Waals surface area contributed by atoms with Gasteiger partial charge in [-0.2, -0.15) is 5.10 Å². The molecule has 0 fully saturated rings. The van der Waals surface area contributed by atoms with Crippen molar-refractivity contribution < 1.29 is 0 Å². The lowest BCUT2D eigenvalue weighted by molar-refractivity contribution is 0.884. The molecule has 0 saturated heterocycles. The van der Waals surface area contributed by atoms with Crippen LogP contribution in [0.25, 0.3) is 28.1 Å². The molecule has 0 atom stereocenters. The number of hydrogen-bond acceptors (Lipinski definition) is 2. The molecule has 4 heteroatoms. The molecule has 27 heavy (non-hydrogen) atoms. The van der Waals surface area contributed by atoms with Gasteiger partial charge in [-0.15, -0.1) is 0 Å². The third-order valence-electron chi connectivity index (χ3n) is 4.53. The van der Waals surface area contributed by atoms with Gasteiger partial charge in [0.1, 0.15) is 5.69 Å². The van der Waals surface area contributed by atoms with Gasteiger partial charge in [-0.1, -0.05) is 60.1 Å². The first kappa shape index (κ1) is 17.4. The van der Waals surface area contributed by atoms with Crippen LogP contribution in [0.1, 0.15) is 0 Å². The normalized spacial score (nSPS) is 10.8. The summed E-state index contributed by atoms with van der Waals surface area (Å²) in [5.74, 6) is 0. The second-order valence-electron chi connectivity index (χ2n) is 6.59. The zero-order valence-electron chi connectivity index (χ0n) is 15.3. The van der Waals surface area contributed by atoms with E-state index in [-0.39, 0.29) is 0 Å². The Morgan fingerprint density at radius 2 is 1.44 bits per heavy atom. The van der Waals surface area contributed by atoms with E-state index in [0.29, 0.717) is 0 Å². The standard InChI is InChI=1S/C23H20ClN3/c1-26(2)22-11-7-6-10-20(22)21-16-27(19-8-4-3-5-9-19)25-23(21)17-12-14-18(24)15-13-17/h3-16H,1-2H3. The van der Waals surface area contributed by atoms with Crippen LogP contribution >= 0.6 is 11.6 Å². The largest absolute Gasteiger partial charge is 0.377 e. The molecule has 1 aromatic heterocycles. The van der Waals surface area contributed by atoms with Crippen LogP contribution in [0.5, 0.6) is 0 Å². The van der Waals surface area contributed by atoms with Crippen molar-refractivity contribution in [3.63, 3.8) is 0 Å². The number of hydrogen-bond donors (Lipinski definition) is 0. The van der Waals surface area contributed by atoms with Crippen molar-refractivity contribution in [2.45, 2.75) is 0 Å². The third-order valence-corrected chi connectivity index (χ3v) is 4.78. The van der Waals surface area contributed by atoms with Gasteiger partial charge in [0.25, 0.3) is 0 Å². The molecule has 0 spiro atoms. The number of halogens is 1. The van der Waals surface area contributed by atoms with E-state index in [0.717, 1.165) is 38.8 Å². The maximum absolute atomic E-state index is 6.09. The summed E-state index contributed by atoms with van der Waals surface area (Å²) in [7, 11) is 4.12. The Bertz CT molecular complexity index is 1050. The minimum atomic E-state index is 0.719. The fourth-order valence-electron chi connectivity index (χ4n) is 3.20. The van der Waals surface area contributed by atoms with E-state index in [1.807, 2.05) is 47.1 Å². The van der Waals surface area contributed by atoms with Crippen molar-refractivity contribution >= 4 is 17.3 Å². The molecule has 4 rings (SSSR count). The van der Waals surface area contributed by atoms with Crippen LogP contribution in [0.4, 0.5) is 5.69 Å². The van der Waals surface area contributed by atoms with E-state index in [9.17, 15) is 0 Å². The average Bonchev–Trinajstić information content (AvgIpc) is 3.14. The molecular formula is C23H20ClN3. The Labute approximate surface area is 164 Å². The number of benzene rings is 3. The van der Waals surface area contributed by atoms with E-state index in [1.54, 1.807) is 0 Å². The fraction of sp³-hybridized carbons (Fsp3) is 0.0870. The smallest absolute Gasteiger partial charge is 0.101 e. The van der Waals surface area contributed by atoms with Crippen LogP contribution in [0.3, 0.4) is 0 Å². The quantitative estimate of drug-likeness (QED) is 0.442. The fourth-order valence-corrected chi connectivity index (χ4v) is 3.32. The molecule has 0 radical (unpaired) electrons. The lowest BCUT2D eigenvalue weighted by atomic mass is 10.00. The van der Waals surface area contributed by atoms with Crippen molar-refractivity contribution in [1.29, 1.82) is 0 Å². The van der Waals surface area contributed by atoms with Gasteiger partial charge in [0.2, 0.25) is 0 Å². The molecule has 3 aromatic carbocycles.